The number of hydrogen-bond acceptors (Lipinski definition) is 15. The van der Waals surface area contributed by atoms with Crippen LogP contribution in [0.15, 0.2) is 0 Å². The van der Waals surface area contributed by atoms with Gasteiger partial charge in [-0.3, -0.25) is 0 Å². The van der Waals surface area contributed by atoms with Gasteiger partial charge < -0.3 is 75.4 Å². The molecule has 11 N–H and O–H groups in total. The van der Waals surface area contributed by atoms with Gasteiger partial charge in [0.1, 0.15) is 61.0 Å². The molecule has 0 aromatic heterocycles. The van der Waals surface area contributed by atoms with Gasteiger partial charge in [0, 0.05) is 0 Å². The maximum absolute atomic E-state index is 10.8. The van der Waals surface area contributed by atoms with Crippen LogP contribution in [0.2, 0.25) is 0 Å². The van der Waals surface area contributed by atoms with Gasteiger partial charge in [-0.05, 0) is 6.92 Å². The van der Waals surface area contributed by atoms with Crippen molar-refractivity contribution in [1.82, 2.24) is 0 Å². The second-order valence-corrected chi connectivity index (χ2v) is 8.41. The zero-order valence-electron chi connectivity index (χ0n) is 17.7. The first-order valence-corrected chi connectivity index (χ1v) is 10.5. The number of rotatable bonds is 6. The molecule has 0 spiro atoms. The van der Waals surface area contributed by atoms with E-state index in [9.17, 15) is 46.0 Å². The van der Waals surface area contributed by atoms with Crippen molar-refractivity contribution in [3.8, 4) is 0 Å². The third-order valence-corrected chi connectivity index (χ3v) is 6.13. The average Bonchev–Trinajstić information content (AvgIpc) is 2.79. The first-order valence-electron chi connectivity index (χ1n) is 10.5. The minimum absolute atomic E-state index is 0.694. The summed E-state index contributed by atoms with van der Waals surface area (Å²) in [6, 6.07) is -1.31. The molecule has 0 aromatic carbocycles. The van der Waals surface area contributed by atoms with Gasteiger partial charge in [-0.2, -0.15) is 0 Å². The first-order chi connectivity index (χ1) is 15.5. The van der Waals surface area contributed by atoms with E-state index in [1.54, 1.807) is 0 Å². The summed E-state index contributed by atoms with van der Waals surface area (Å²) in [5.41, 5.74) is 5.66. The summed E-state index contributed by atoms with van der Waals surface area (Å²) in [5.74, 6) is 0. The summed E-state index contributed by atoms with van der Waals surface area (Å²) in [6.07, 6.45) is -21.2. The van der Waals surface area contributed by atoms with E-state index in [0.717, 1.165) is 0 Å². The third kappa shape index (κ3) is 5.32. The van der Waals surface area contributed by atoms with E-state index in [1.165, 1.54) is 6.92 Å². The van der Waals surface area contributed by atoms with Crippen LogP contribution < -0.4 is 5.73 Å². The maximum Gasteiger partial charge on any atom is 0.187 e. The summed E-state index contributed by atoms with van der Waals surface area (Å²) in [4.78, 5) is 0. The van der Waals surface area contributed by atoms with Crippen LogP contribution in [0.4, 0.5) is 0 Å². The Kier molecular flexibility index (Phi) is 8.99. The molecule has 0 bridgehead atoms. The minimum atomic E-state index is -1.80. The second kappa shape index (κ2) is 11.0. The number of nitrogens with two attached hydrogens (primary N) is 1. The van der Waals surface area contributed by atoms with E-state index in [-0.39, 0.29) is 0 Å². The standard InChI is InChI=1S/C18H33NO14/c1-4-8(22)11(25)12(26)17(29-4)33-15-9(23)5(2-20)31-18(13(15)27)32-14-6(3-21)30-16(28)7(19)10(14)24/h4-18,20-28H,2-3,19H2,1H3/t4-,5+,6+,7+,8+,9-,10+,11+,12-,13+,14+,15-,16?,17-,18-/m0/s1. The van der Waals surface area contributed by atoms with Crippen molar-refractivity contribution < 1.29 is 69.6 Å². The zero-order chi connectivity index (χ0) is 24.6. The van der Waals surface area contributed by atoms with Crippen molar-refractivity contribution in [1.29, 1.82) is 0 Å². The first kappa shape index (κ1) is 27.0. The fourth-order valence-electron chi connectivity index (χ4n) is 4.03. The van der Waals surface area contributed by atoms with Gasteiger partial charge in [-0.15, -0.1) is 0 Å². The molecule has 3 aliphatic heterocycles. The van der Waals surface area contributed by atoms with E-state index in [2.05, 4.69) is 0 Å². The molecular formula is C18H33NO14. The molecule has 3 heterocycles. The molecule has 3 fully saturated rings. The summed E-state index contributed by atoms with van der Waals surface area (Å²) < 4.78 is 26.9. The van der Waals surface area contributed by atoms with E-state index >= 15 is 0 Å². The van der Waals surface area contributed by atoms with E-state index in [4.69, 9.17) is 29.4 Å². The lowest BCUT2D eigenvalue weighted by atomic mass is 9.95. The van der Waals surface area contributed by atoms with Crippen LogP contribution in [-0.2, 0) is 23.7 Å². The monoisotopic (exact) mass is 487 g/mol. The quantitative estimate of drug-likeness (QED) is 0.167. The maximum atomic E-state index is 10.8. The number of aliphatic hydroxyl groups excluding tert-OH is 9. The van der Waals surface area contributed by atoms with E-state index in [1.807, 2.05) is 0 Å². The molecule has 1 unspecified atom stereocenters. The smallest absolute Gasteiger partial charge is 0.187 e. The van der Waals surface area contributed by atoms with Crippen molar-refractivity contribution in [3.05, 3.63) is 0 Å². The highest BCUT2D eigenvalue weighted by Gasteiger charge is 2.52. The lowest BCUT2D eigenvalue weighted by molar-refractivity contribution is -0.373. The molecule has 0 aliphatic carbocycles. The molecule has 0 radical (unpaired) electrons. The Labute approximate surface area is 188 Å². The largest absolute Gasteiger partial charge is 0.394 e. The molecule has 3 rings (SSSR count). The highest BCUT2D eigenvalue weighted by atomic mass is 16.7. The Balaban J connectivity index is 1.77. The molecule has 0 saturated carbocycles. The lowest BCUT2D eigenvalue weighted by Crippen LogP contribution is -2.67. The van der Waals surface area contributed by atoms with Crippen LogP contribution in [0, 0.1) is 0 Å². The van der Waals surface area contributed by atoms with Gasteiger partial charge in [-0.25, -0.2) is 0 Å². The van der Waals surface area contributed by atoms with Crippen LogP contribution in [-0.4, -0.2) is 151 Å². The zero-order valence-corrected chi connectivity index (χ0v) is 17.7. The summed E-state index contributed by atoms with van der Waals surface area (Å²) in [7, 11) is 0. The molecule has 15 atom stereocenters. The normalized spacial score (nSPS) is 53.7. The number of aliphatic hydroxyl groups is 9. The fraction of sp³-hybridized carbons (Fsp3) is 1.00. The van der Waals surface area contributed by atoms with Crippen molar-refractivity contribution in [2.75, 3.05) is 13.2 Å². The van der Waals surface area contributed by atoms with Crippen LogP contribution in [0.5, 0.6) is 0 Å². The van der Waals surface area contributed by atoms with Crippen molar-refractivity contribution in [2.45, 2.75) is 99.0 Å². The van der Waals surface area contributed by atoms with E-state index < -0.39 is 105 Å². The van der Waals surface area contributed by atoms with Gasteiger partial charge >= 0.3 is 0 Å². The van der Waals surface area contributed by atoms with Crippen LogP contribution in [0.1, 0.15) is 6.92 Å². The Morgan fingerprint density at radius 1 is 0.636 bits per heavy atom. The average molecular weight is 487 g/mol. The van der Waals surface area contributed by atoms with Gasteiger partial charge in [-0.1, -0.05) is 0 Å². The molecular weight excluding hydrogens is 454 g/mol. The molecule has 0 aromatic rings. The predicted octanol–water partition coefficient (Wildman–Crippen LogP) is -6.58. The molecule has 15 heteroatoms. The van der Waals surface area contributed by atoms with Crippen LogP contribution in [0.3, 0.4) is 0 Å². The van der Waals surface area contributed by atoms with Crippen molar-refractivity contribution in [2.24, 2.45) is 5.73 Å². The third-order valence-electron chi connectivity index (χ3n) is 6.13. The molecule has 0 amide bonds. The Hall–Kier alpha value is -0.600. The molecule has 3 aliphatic rings. The summed E-state index contributed by atoms with van der Waals surface area (Å²) in [6.45, 7) is -0.0299. The van der Waals surface area contributed by atoms with Gasteiger partial charge in [0.05, 0.1) is 25.4 Å². The summed E-state index contributed by atoms with van der Waals surface area (Å²) in [5, 5.41) is 90.5. The lowest BCUT2D eigenvalue weighted by Gasteiger charge is -2.48. The Morgan fingerprint density at radius 3 is 1.82 bits per heavy atom. The number of hydrogen-bond donors (Lipinski definition) is 10. The Morgan fingerprint density at radius 2 is 1.21 bits per heavy atom. The second-order valence-electron chi connectivity index (χ2n) is 8.41. The highest BCUT2D eigenvalue weighted by molar-refractivity contribution is 4.96. The van der Waals surface area contributed by atoms with E-state index in [0.29, 0.717) is 0 Å². The molecule has 15 nitrogen and oxygen atoms in total. The van der Waals surface area contributed by atoms with Gasteiger partial charge in [0.2, 0.25) is 0 Å². The van der Waals surface area contributed by atoms with Crippen LogP contribution in [0.25, 0.3) is 0 Å². The highest BCUT2D eigenvalue weighted by Crippen LogP contribution is 2.31. The van der Waals surface area contributed by atoms with Gasteiger partial charge in [0.25, 0.3) is 0 Å². The minimum Gasteiger partial charge on any atom is -0.394 e. The molecule has 194 valence electrons. The fourth-order valence-corrected chi connectivity index (χ4v) is 4.03. The summed E-state index contributed by atoms with van der Waals surface area (Å²) >= 11 is 0. The van der Waals surface area contributed by atoms with Crippen LogP contribution >= 0.6 is 0 Å². The SMILES string of the molecule is C[C@@H]1O[C@@H](O[C@H]2[C@@H](O)[C@@H](CO)O[C@@H](O[C@H]3[C@H](O)[C@@H](N)C(O)O[C@@H]3CO)[C@@H]2O)[C@@H](O)[C@H](O)[C@@H]1O. The predicted molar refractivity (Wildman–Crippen MR) is 102 cm³/mol. The topological polar surface area (TPSA) is 254 Å². The number of ether oxygens (including phenoxy) is 5. The van der Waals surface area contributed by atoms with Gasteiger partial charge in [0.15, 0.2) is 18.9 Å². The molecule has 3 saturated heterocycles. The Bertz CT molecular complexity index is 629. The van der Waals surface area contributed by atoms with Crippen molar-refractivity contribution in [3.63, 3.8) is 0 Å². The molecule has 33 heavy (non-hydrogen) atoms. The van der Waals surface area contributed by atoms with Crippen molar-refractivity contribution >= 4 is 0 Å².